The van der Waals surface area contributed by atoms with E-state index in [-0.39, 0.29) is 18.4 Å². The fourth-order valence-corrected chi connectivity index (χ4v) is 3.07. The number of likely N-dealkylation sites (N-methyl/N-ethyl adjacent to an activating group) is 1. The molecule has 0 spiro atoms. The Labute approximate surface area is 173 Å². The molecule has 0 heterocycles. The van der Waals surface area contributed by atoms with Gasteiger partial charge in [-0.2, -0.15) is 0 Å². The molecule has 0 aliphatic carbocycles. The van der Waals surface area contributed by atoms with Crippen LogP contribution in [0.1, 0.15) is 42.3 Å². The number of benzene rings is 2. The Balaban J connectivity index is 2.28. The average Bonchev–Trinajstić information content (AvgIpc) is 2.75. The number of amides is 2. The molecule has 0 saturated carbocycles. The molecule has 0 aliphatic heterocycles. The van der Waals surface area contributed by atoms with E-state index in [1.807, 2.05) is 24.3 Å². The average molecular weight is 392 g/mol. The Morgan fingerprint density at radius 2 is 1.83 bits per heavy atom. The van der Waals surface area contributed by atoms with Crippen LogP contribution < -0.4 is 10.2 Å². The van der Waals surface area contributed by atoms with Crippen molar-refractivity contribution in [2.45, 2.75) is 33.4 Å². The molecule has 2 aromatic carbocycles. The molecule has 0 radical (unpaired) electrons. The maximum Gasteiger partial charge on any atom is 0.258 e. The van der Waals surface area contributed by atoms with Crippen molar-refractivity contribution in [2.75, 3.05) is 25.0 Å². The maximum atomic E-state index is 13.2. The largest absolute Gasteiger partial charge is 0.358 e. The molecule has 2 rings (SSSR count). The van der Waals surface area contributed by atoms with E-state index in [9.17, 15) is 9.59 Å². The van der Waals surface area contributed by atoms with E-state index < -0.39 is 0 Å². The van der Waals surface area contributed by atoms with Crippen molar-refractivity contribution >= 4 is 17.5 Å². The summed E-state index contributed by atoms with van der Waals surface area (Å²) in [6.45, 7) is 8.18. The van der Waals surface area contributed by atoms with Gasteiger partial charge in [-0.25, -0.2) is 0 Å². The number of anilines is 1. The molecule has 0 fully saturated rings. The smallest absolute Gasteiger partial charge is 0.258 e. The summed E-state index contributed by atoms with van der Waals surface area (Å²) in [6.07, 6.45) is 5.49. The van der Waals surface area contributed by atoms with Crippen molar-refractivity contribution < 1.29 is 9.59 Å². The van der Waals surface area contributed by atoms with Crippen LogP contribution in [0.5, 0.6) is 0 Å². The minimum absolute atomic E-state index is 0.0813. The van der Waals surface area contributed by atoms with Crippen LogP contribution in [0.25, 0.3) is 0 Å². The number of carbonyl (C=O) groups is 2. The normalized spacial score (nSPS) is 10.7. The highest BCUT2D eigenvalue weighted by Gasteiger charge is 2.21. The van der Waals surface area contributed by atoms with Crippen molar-refractivity contribution in [1.82, 2.24) is 10.2 Å². The van der Waals surface area contributed by atoms with E-state index in [0.717, 1.165) is 18.7 Å². The summed E-state index contributed by atoms with van der Waals surface area (Å²) in [6, 6.07) is 15.1. The topological polar surface area (TPSA) is 52.7 Å². The summed E-state index contributed by atoms with van der Waals surface area (Å²) in [5.74, 6) is 2.07. The number of hydrogen-bond donors (Lipinski definition) is 1. The van der Waals surface area contributed by atoms with Crippen LogP contribution in [0.3, 0.4) is 0 Å². The Bertz CT molecular complexity index is 882. The molecule has 1 N–H and O–H groups in total. The van der Waals surface area contributed by atoms with Crippen molar-refractivity contribution in [1.29, 1.82) is 0 Å². The van der Waals surface area contributed by atoms with Gasteiger partial charge in [0.1, 0.15) is 6.54 Å². The highest BCUT2D eigenvalue weighted by Crippen LogP contribution is 2.19. The Morgan fingerprint density at radius 1 is 1.14 bits per heavy atom. The first kappa shape index (κ1) is 22.2. The predicted molar refractivity (Wildman–Crippen MR) is 118 cm³/mol. The lowest BCUT2D eigenvalue weighted by Gasteiger charge is -2.25. The molecule has 29 heavy (non-hydrogen) atoms. The van der Waals surface area contributed by atoms with Crippen LogP contribution in [0.15, 0.2) is 48.5 Å². The van der Waals surface area contributed by atoms with Crippen LogP contribution in [0, 0.1) is 12.3 Å². The molecule has 0 unspecified atom stereocenters. The molecule has 0 atom stereocenters. The van der Waals surface area contributed by atoms with Gasteiger partial charge < -0.3 is 5.32 Å². The van der Waals surface area contributed by atoms with Crippen molar-refractivity contribution in [2.24, 2.45) is 0 Å². The van der Waals surface area contributed by atoms with Crippen LogP contribution in [0.2, 0.25) is 0 Å². The quantitative estimate of drug-likeness (QED) is 0.703. The molecule has 0 saturated heterocycles. The minimum atomic E-state index is -0.253. The summed E-state index contributed by atoms with van der Waals surface area (Å²) in [5.41, 5.74) is 2.91. The predicted octanol–water partition coefficient (Wildman–Crippen LogP) is 3.29. The van der Waals surface area contributed by atoms with E-state index in [2.05, 4.69) is 36.9 Å². The summed E-state index contributed by atoms with van der Waals surface area (Å²) in [4.78, 5) is 29.0. The number of hydrogen-bond acceptors (Lipinski definition) is 3. The highest BCUT2D eigenvalue weighted by molar-refractivity contribution is 6.08. The van der Waals surface area contributed by atoms with Gasteiger partial charge in [-0.15, -0.1) is 6.42 Å². The van der Waals surface area contributed by atoms with Gasteiger partial charge in [-0.1, -0.05) is 31.0 Å². The molecule has 0 aliphatic rings. The Morgan fingerprint density at radius 3 is 2.38 bits per heavy atom. The second-order valence-corrected chi connectivity index (χ2v) is 7.11. The first-order valence-electron chi connectivity index (χ1n) is 9.81. The van der Waals surface area contributed by atoms with Crippen molar-refractivity contribution in [3.05, 3.63) is 65.2 Å². The third-order valence-electron chi connectivity index (χ3n) is 4.87. The number of nitrogens with one attached hydrogen (secondary N) is 1. The zero-order valence-corrected chi connectivity index (χ0v) is 17.6. The van der Waals surface area contributed by atoms with E-state index >= 15 is 0 Å². The number of carbonyl (C=O) groups excluding carboxylic acids is 2. The third kappa shape index (κ3) is 5.94. The van der Waals surface area contributed by atoms with Crippen LogP contribution in [0.4, 0.5) is 5.69 Å². The number of rotatable bonds is 8. The highest BCUT2D eigenvalue weighted by atomic mass is 16.2. The zero-order chi connectivity index (χ0) is 21.4. The molecular weight excluding hydrogens is 362 g/mol. The first-order chi connectivity index (χ1) is 13.9. The van der Waals surface area contributed by atoms with Gasteiger partial charge in [-0.05, 0) is 56.3 Å². The van der Waals surface area contributed by atoms with Crippen LogP contribution >= 0.6 is 0 Å². The zero-order valence-electron chi connectivity index (χ0n) is 17.6. The lowest BCUT2D eigenvalue weighted by atomic mass is 10.1. The molecule has 2 aromatic rings. The van der Waals surface area contributed by atoms with E-state index in [1.54, 1.807) is 31.3 Å². The third-order valence-corrected chi connectivity index (χ3v) is 4.87. The van der Waals surface area contributed by atoms with Gasteiger partial charge in [0, 0.05) is 36.4 Å². The fraction of sp³-hybridized carbons (Fsp3) is 0.333. The van der Waals surface area contributed by atoms with Gasteiger partial charge in [0.25, 0.3) is 5.91 Å². The molecule has 0 bridgehead atoms. The Kier molecular flexibility index (Phi) is 7.99. The summed E-state index contributed by atoms with van der Waals surface area (Å²) in [7, 11) is 1.55. The first-order valence-corrected chi connectivity index (χ1v) is 9.81. The minimum Gasteiger partial charge on any atom is -0.358 e. The summed E-state index contributed by atoms with van der Waals surface area (Å²) < 4.78 is 0. The monoisotopic (exact) mass is 391 g/mol. The van der Waals surface area contributed by atoms with Gasteiger partial charge >= 0.3 is 0 Å². The standard InChI is InChI=1S/C24H29N3O2/c1-6-19-9-8-10-22(15-19)27(17-23(28)25-5)24(29)21-13-11-20(12-14-21)16-26(7-2)18(3)4/h1,8-15,18H,7,16-17H2,2-5H3,(H,25,28). The summed E-state index contributed by atoms with van der Waals surface area (Å²) >= 11 is 0. The fourth-order valence-electron chi connectivity index (χ4n) is 3.07. The van der Waals surface area contributed by atoms with E-state index in [0.29, 0.717) is 22.9 Å². The van der Waals surface area contributed by atoms with Crippen molar-refractivity contribution in [3.8, 4) is 12.3 Å². The second-order valence-electron chi connectivity index (χ2n) is 7.11. The molecular formula is C24H29N3O2. The van der Waals surface area contributed by atoms with Gasteiger partial charge in [0.15, 0.2) is 0 Å². The van der Waals surface area contributed by atoms with E-state index in [1.165, 1.54) is 4.90 Å². The number of terminal acetylenes is 1. The second kappa shape index (κ2) is 10.4. The lowest BCUT2D eigenvalue weighted by Crippen LogP contribution is -2.39. The molecule has 5 heteroatoms. The number of nitrogens with zero attached hydrogens (tertiary/aromatic N) is 2. The van der Waals surface area contributed by atoms with Crippen LogP contribution in [-0.4, -0.2) is 42.9 Å². The summed E-state index contributed by atoms with van der Waals surface area (Å²) in [5, 5.41) is 2.57. The SMILES string of the molecule is C#Cc1cccc(N(CC(=O)NC)C(=O)c2ccc(CN(CC)C(C)C)cc2)c1. The lowest BCUT2D eigenvalue weighted by molar-refractivity contribution is -0.119. The molecule has 152 valence electrons. The van der Waals surface area contributed by atoms with Crippen LogP contribution in [-0.2, 0) is 11.3 Å². The van der Waals surface area contributed by atoms with Gasteiger partial charge in [0.2, 0.25) is 5.91 Å². The molecule has 2 amide bonds. The van der Waals surface area contributed by atoms with Gasteiger partial charge in [0.05, 0.1) is 0 Å². The molecule has 5 nitrogen and oxygen atoms in total. The Hall–Kier alpha value is -3.10. The maximum absolute atomic E-state index is 13.2. The van der Waals surface area contributed by atoms with Gasteiger partial charge in [-0.3, -0.25) is 19.4 Å². The van der Waals surface area contributed by atoms with Crippen molar-refractivity contribution in [3.63, 3.8) is 0 Å². The molecule has 0 aromatic heterocycles. The van der Waals surface area contributed by atoms with E-state index in [4.69, 9.17) is 6.42 Å².